The first-order valence-electron chi connectivity index (χ1n) is 5.86. The predicted molar refractivity (Wildman–Crippen MR) is 57.4 cm³/mol. The Bertz CT molecular complexity index is 66.0. The molecule has 1 aliphatic carbocycles. The Morgan fingerprint density at radius 3 is 1.17 bits per heavy atom. The van der Waals surface area contributed by atoms with Crippen molar-refractivity contribution < 1.29 is 0 Å². The van der Waals surface area contributed by atoms with E-state index in [4.69, 9.17) is 0 Å². The molecule has 1 aliphatic rings. The van der Waals surface area contributed by atoms with E-state index < -0.39 is 0 Å². The average molecular weight is 170 g/mol. The highest BCUT2D eigenvalue weighted by molar-refractivity contribution is 4.70. The van der Waals surface area contributed by atoms with Crippen LogP contribution in [-0.4, -0.2) is 0 Å². The standard InChI is InChI=1S/C10H20.C2H6/c1-3-9-5-7-10(4-2)8-6-9;1-2/h9-10H,3-8H2,1-2H3;1-2H3. The van der Waals surface area contributed by atoms with E-state index in [2.05, 4.69) is 13.8 Å². The number of hydrogen-bond donors (Lipinski definition) is 0. The molecule has 0 atom stereocenters. The minimum Gasteiger partial charge on any atom is -0.0683 e. The molecule has 0 aromatic carbocycles. The smallest absolute Gasteiger partial charge is 0.0417 e. The van der Waals surface area contributed by atoms with Gasteiger partial charge in [-0.3, -0.25) is 0 Å². The van der Waals surface area contributed by atoms with Crippen molar-refractivity contribution in [3.05, 3.63) is 0 Å². The summed E-state index contributed by atoms with van der Waals surface area (Å²) in [5.74, 6) is 2.14. The molecule has 0 N–H and O–H groups in total. The van der Waals surface area contributed by atoms with Crippen LogP contribution in [0.4, 0.5) is 0 Å². The highest BCUT2D eigenvalue weighted by Crippen LogP contribution is 2.31. The highest BCUT2D eigenvalue weighted by Gasteiger charge is 2.17. The van der Waals surface area contributed by atoms with Crippen LogP contribution in [0.15, 0.2) is 0 Å². The van der Waals surface area contributed by atoms with Gasteiger partial charge in [0.05, 0.1) is 0 Å². The van der Waals surface area contributed by atoms with Crippen molar-refractivity contribution >= 4 is 0 Å². The fraction of sp³-hybridized carbons (Fsp3) is 1.00. The summed E-state index contributed by atoms with van der Waals surface area (Å²) >= 11 is 0. The molecular weight excluding hydrogens is 144 g/mol. The highest BCUT2D eigenvalue weighted by atomic mass is 14.2. The first kappa shape index (κ1) is 12.0. The monoisotopic (exact) mass is 170 g/mol. The first-order chi connectivity index (χ1) is 5.86. The zero-order valence-corrected chi connectivity index (χ0v) is 9.40. The molecule has 1 fully saturated rings. The van der Waals surface area contributed by atoms with Crippen LogP contribution in [0, 0.1) is 11.8 Å². The Labute approximate surface area is 78.8 Å². The summed E-state index contributed by atoms with van der Waals surface area (Å²) in [6, 6.07) is 0. The Balaban J connectivity index is 0.000000561. The fourth-order valence-electron chi connectivity index (χ4n) is 2.05. The van der Waals surface area contributed by atoms with Crippen molar-refractivity contribution in [1.29, 1.82) is 0 Å². The van der Waals surface area contributed by atoms with Gasteiger partial charge in [-0.2, -0.15) is 0 Å². The van der Waals surface area contributed by atoms with Crippen molar-refractivity contribution in [3.63, 3.8) is 0 Å². The van der Waals surface area contributed by atoms with Gasteiger partial charge in [-0.05, 0) is 11.8 Å². The van der Waals surface area contributed by atoms with E-state index in [1.807, 2.05) is 13.8 Å². The fourth-order valence-corrected chi connectivity index (χ4v) is 2.05. The van der Waals surface area contributed by atoms with E-state index in [1.54, 1.807) is 0 Å². The van der Waals surface area contributed by atoms with Crippen LogP contribution >= 0.6 is 0 Å². The van der Waals surface area contributed by atoms with E-state index in [1.165, 1.54) is 38.5 Å². The van der Waals surface area contributed by atoms with Gasteiger partial charge in [0.15, 0.2) is 0 Å². The second kappa shape index (κ2) is 7.64. The van der Waals surface area contributed by atoms with Gasteiger partial charge in [-0.1, -0.05) is 66.2 Å². The summed E-state index contributed by atoms with van der Waals surface area (Å²) in [5.41, 5.74) is 0. The molecule has 0 aromatic heterocycles. The summed E-state index contributed by atoms with van der Waals surface area (Å²) < 4.78 is 0. The van der Waals surface area contributed by atoms with Crippen molar-refractivity contribution in [2.45, 2.75) is 66.2 Å². The van der Waals surface area contributed by atoms with E-state index in [0.717, 1.165) is 11.8 Å². The lowest BCUT2D eigenvalue weighted by atomic mass is 9.80. The van der Waals surface area contributed by atoms with Crippen LogP contribution < -0.4 is 0 Å². The average Bonchev–Trinajstić information content (AvgIpc) is 2.21. The Morgan fingerprint density at radius 2 is 1.00 bits per heavy atom. The third-order valence-corrected chi connectivity index (χ3v) is 3.12. The zero-order chi connectivity index (χ0) is 9.40. The molecule has 0 heterocycles. The lowest BCUT2D eigenvalue weighted by Gasteiger charge is -2.26. The first-order valence-corrected chi connectivity index (χ1v) is 5.86. The van der Waals surface area contributed by atoms with Gasteiger partial charge in [0.2, 0.25) is 0 Å². The molecule has 0 unspecified atom stereocenters. The van der Waals surface area contributed by atoms with Crippen LogP contribution in [-0.2, 0) is 0 Å². The van der Waals surface area contributed by atoms with Gasteiger partial charge < -0.3 is 0 Å². The third-order valence-electron chi connectivity index (χ3n) is 3.12. The minimum absolute atomic E-state index is 1.07. The van der Waals surface area contributed by atoms with Crippen LogP contribution in [0.1, 0.15) is 66.2 Å². The molecule has 0 heteroatoms. The molecule has 0 spiro atoms. The Hall–Kier alpha value is 0. The van der Waals surface area contributed by atoms with Gasteiger partial charge in [0.25, 0.3) is 0 Å². The van der Waals surface area contributed by atoms with Crippen LogP contribution in [0.3, 0.4) is 0 Å². The molecule has 0 aliphatic heterocycles. The van der Waals surface area contributed by atoms with Crippen LogP contribution in [0.2, 0.25) is 0 Å². The maximum Gasteiger partial charge on any atom is -0.0417 e. The second-order valence-corrected chi connectivity index (χ2v) is 3.70. The van der Waals surface area contributed by atoms with E-state index in [9.17, 15) is 0 Å². The summed E-state index contributed by atoms with van der Waals surface area (Å²) in [7, 11) is 0. The zero-order valence-electron chi connectivity index (χ0n) is 9.40. The molecular formula is C12H26. The summed E-state index contributed by atoms with van der Waals surface area (Å²) in [4.78, 5) is 0. The normalized spacial score (nSPS) is 29.0. The Morgan fingerprint density at radius 1 is 0.750 bits per heavy atom. The van der Waals surface area contributed by atoms with Gasteiger partial charge >= 0.3 is 0 Å². The number of hydrogen-bond acceptors (Lipinski definition) is 0. The van der Waals surface area contributed by atoms with Crippen molar-refractivity contribution in [1.82, 2.24) is 0 Å². The van der Waals surface area contributed by atoms with E-state index in [-0.39, 0.29) is 0 Å². The second-order valence-electron chi connectivity index (χ2n) is 3.70. The molecule has 0 aromatic rings. The molecule has 1 rings (SSSR count). The summed E-state index contributed by atoms with van der Waals surface area (Å²) in [6.07, 6.45) is 8.86. The van der Waals surface area contributed by atoms with Gasteiger partial charge in [-0.15, -0.1) is 0 Å². The number of rotatable bonds is 2. The SMILES string of the molecule is CC.CCC1CCC(CC)CC1. The van der Waals surface area contributed by atoms with Crippen LogP contribution in [0.5, 0.6) is 0 Å². The van der Waals surface area contributed by atoms with Gasteiger partial charge in [0, 0.05) is 0 Å². The molecule has 0 saturated heterocycles. The largest absolute Gasteiger partial charge is 0.0683 e. The maximum absolute atomic E-state index is 2.33. The minimum atomic E-state index is 1.07. The van der Waals surface area contributed by atoms with Crippen molar-refractivity contribution in [2.75, 3.05) is 0 Å². The molecule has 74 valence electrons. The molecule has 12 heavy (non-hydrogen) atoms. The Kier molecular flexibility index (Phi) is 7.64. The quantitative estimate of drug-likeness (QED) is 0.566. The molecule has 0 radical (unpaired) electrons. The van der Waals surface area contributed by atoms with Gasteiger partial charge in [-0.25, -0.2) is 0 Å². The third kappa shape index (κ3) is 4.13. The van der Waals surface area contributed by atoms with Crippen molar-refractivity contribution in [3.8, 4) is 0 Å². The molecule has 0 amide bonds. The predicted octanol–water partition coefficient (Wildman–Crippen LogP) is 4.64. The molecule has 1 saturated carbocycles. The summed E-state index contributed by atoms with van der Waals surface area (Å²) in [6.45, 7) is 8.66. The lowest BCUT2D eigenvalue weighted by molar-refractivity contribution is 0.264. The maximum atomic E-state index is 2.33. The van der Waals surface area contributed by atoms with E-state index in [0.29, 0.717) is 0 Å². The molecule has 0 bridgehead atoms. The van der Waals surface area contributed by atoms with Gasteiger partial charge in [0.1, 0.15) is 0 Å². The van der Waals surface area contributed by atoms with Crippen LogP contribution in [0.25, 0.3) is 0 Å². The summed E-state index contributed by atoms with van der Waals surface area (Å²) in [5, 5.41) is 0. The topological polar surface area (TPSA) is 0 Å². The lowest BCUT2D eigenvalue weighted by Crippen LogP contribution is -2.12. The molecule has 0 nitrogen and oxygen atoms in total. The van der Waals surface area contributed by atoms with Crippen molar-refractivity contribution in [2.24, 2.45) is 11.8 Å². The van der Waals surface area contributed by atoms with E-state index >= 15 is 0 Å².